The molecule has 0 radical (unpaired) electrons. The quantitative estimate of drug-likeness (QED) is 0.816. The molecule has 2 aromatic rings. The summed E-state index contributed by atoms with van der Waals surface area (Å²) >= 11 is 3.02. The molecule has 0 bridgehead atoms. The number of nitrogen functional groups attached to an aromatic ring is 1. The number of anilines is 2. The lowest BCUT2D eigenvalue weighted by atomic mass is 10.1. The van der Waals surface area contributed by atoms with Crippen molar-refractivity contribution in [2.45, 2.75) is 0 Å². The van der Waals surface area contributed by atoms with Crippen molar-refractivity contribution < 1.29 is 18.0 Å². The number of hydrogen-bond acceptors (Lipinski definition) is 2. The Labute approximate surface area is 120 Å². The van der Waals surface area contributed by atoms with E-state index in [1.807, 2.05) is 0 Å². The summed E-state index contributed by atoms with van der Waals surface area (Å²) in [6, 6.07) is 4.89. The van der Waals surface area contributed by atoms with Crippen LogP contribution in [-0.2, 0) is 0 Å². The smallest absolute Gasteiger partial charge is 0.256 e. The number of hydrogen-bond donors (Lipinski definition) is 2. The van der Waals surface area contributed by atoms with Gasteiger partial charge in [-0.15, -0.1) is 0 Å². The van der Waals surface area contributed by atoms with E-state index in [2.05, 4.69) is 21.2 Å². The van der Waals surface area contributed by atoms with Crippen molar-refractivity contribution in [3.05, 3.63) is 57.8 Å². The van der Waals surface area contributed by atoms with Crippen LogP contribution in [0.3, 0.4) is 0 Å². The Morgan fingerprint density at radius 1 is 1.10 bits per heavy atom. The maximum absolute atomic E-state index is 13.4. The predicted molar refractivity (Wildman–Crippen MR) is 72.8 cm³/mol. The summed E-state index contributed by atoms with van der Waals surface area (Å²) in [6.45, 7) is 0. The molecule has 0 aliphatic heterocycles. The molecule has 104 valence electrons. The normalized spacial score (nSPS) is 10.4. The van der Waals surface area contributed by atoms with Crippen molar-refractivity contribution in [1.29, 1.82) is 0 Å². The molecule has 0 saturated heterocycles. The van der Waals surface area contributed by atoms with Crippen molar-refractivity contribution in [3.63, 3.8) is 0 Å². The van der Waals surface area contributed by atoms with Crippen LogP contribution < -0.4 is 11.1 Å². The fourth-order valence-electron chi connectivity index (χ4n) is 1.52. The van der Waals surface area contributed by atoms with E-state index >= 15 is 0 Å². The highest BCUT2D eigenvalue weighted by molar-refractivity contribution is 9.10. The number of rotatable bonds is 2. The van der Waals surface area contributed by atoms with Gasteiger partial charge in [0.1, 0.15) is 17.5 Å². The van der Waals surface area contributed by atoms with E-state index in [0.29, 0.717) is 6.07 Å². The minimum atomic E-state index is -0.912. The molecule has 2 aromatic carbocycles. The first-order valence-corrected chi connectivity index (χ1v) is 6.18. The predicted octanol–water partition coefficient (Wildman–Crippen LogP) is 3.70. The highest BCUT2D eigenvalue weighted by atomic mass is 79.9. The summed E-state index contributed by atoms with van der Waals surface area (Å²) in [6.07, 6.45) is 0. The average molecular weight is 345 g/mol. The third kappa shape index (κ3) is 2.93. The number of nitrogens with two attached hydrogens (primary N) is 1. The topological polar surface area (TPSA) is 55.1 Å². The van der Waals surface area contributed by atoms with Gasteiger partial charge < -0.3 is 11.1 Å². The summed E-state index contributed by atoms with van der Waals surface area (Å²) in [5.41, 5.74) is 5.01. The van der Waals surface area contributed by atoms with Crippen LogP contribution in [0.1, 0.15) is 10.4 Å². The molecule has 3 nitrogen and oxygen atoms in total. The fourth-order valence-corrected chi connectivity index (χ4v) is 2.02. The lowest BCUT2D eigenvalue weighted by molar-refractivity contribution is 0.102. The molecule has 0 unspecified atom stereocenters. The monoisotopic (exact) mass is 344 g/mol. The molecular formula is C13H8BrF3N2O. The van der Waals surface area contributed by atoms with Gasteiger partial charge in [-0.25, -0.2) is 13.2 Å². The van der Waals surface area contributed by atoms with Gasteiger partial charge >= 0.3 is 0 Å². The first-order valence-electron chi connectivity index (χ1n) is 5.39. The zero-order valence-electron chi connectivity index (χ0n) is 9.88. The molecule has 1 amide bonds. The van der Waals surface area contributed by atoms with Crippen LogP contribution in [0, 0.1) is 17.5 Å². The molecule has 0 saturated carbocycles. The lowest BCUT2D eigenvalue weighted by Gasteiger charge is -2.09. The molecule has 0 aliphatic carbocycles. The minimum Gasteiger partial charge on any atom is -0.396 e. The van der Waals surface area contributed by atoms with Crippen LogP contribution in [0.4, 0.5) is 24.5 Å². The second kappa shape index (κ2) is 5.54. The number of benzene rings is 2. The van der Waals surface area contributed by atoms with Crippen molar-refractivity contribution in [2.75, 3.05) is 11.1 Å². The molecule has 20 heavy (non-hydrogen) atoms. The van der Waals surface area contributed by atoms with Crippen LogP contribution >= 0.6 is 15.9 Å². The summed E-state index contributed by atoms with van der Waals surface area (Å²) in [5, 5.41) is 2.25. The van der Waals surface area contributed by atoms with E-state index in [0.717, 1.165) is 24.3 Å². The van der Waals surface area contributed by atoms with Gasteiger partial charge in [-0.3, -0.25) is 4.79 Å². The number of carbonyl (C=O) groups is 1. The van der Waals surface area contributed by atoms with E-state index in [4.69, 9.17) is 5.73 Å². The first-order chi connectivity index (χ1) is 9.38. The average Bonchev–Trinajstić information content (AvgIpc) is 2.37. The Kier molecular flexibility index (Phi) is 3.99. The third-order valence-electron chi connectivity index (χ3n) is 2.51. The highest BCUT2D eigenvalue weighted by Gasteiger charge is 2.15. The molecule has 0 atom stereocenters. The van der Waals surface area contributed by atoms with Crippen LogP contribution in [0.25, 0.3) is 0 Å². The second-order valence-electron chi connectivity index (χ2n) is 3.93. The molecule has 0 aliphatic rings. The molecule has 2 rings (SSSR count). The largest absolute Gasteiger partial charge is 0.396 e. The van der Waals surface area contributed by atoms with E-state index < -0.39 is 23.4 Å². The molecule has 3 N–H and O–H groups in total. The van der Waals surface area contributed by atoms with Crippen molar-refractivity contribution in [3.8, 4) is 0 Å². The summed E-state index contributed by atoms with van der Waals surface area (Å²) in [7, 11) is 0. The second-order valence-corrected chi connectivity index (χ2v) is 4.79. The van der Waals surface area contributed by atoms with Crippen molar-refractivity contribution in [2.24, 2.45) is 0 Å². The van der Waals surface area contributed by atoms with E-state index in [9.17, 15) is 18.0 Å². The molecule has 0 spiro atoms. The Balaban J connectivity index is 2.31. The van der Waals surface area contributed by atoms with E-state index in [1.165, 1.54) is 0 Å². The van der Waals surface area contributed by atoms with Crippen LogP contribution in [-0.4, -0.2) is 5.91 Å². The Morgan fingerprint density at radius 3 is 2.45 bits per heavy atom. The molecule has 7 heteroatoms. The third-order valence-corrected chi connectivity index (χ3v) is 3.17. The summed E-state index contributed by atoms with van der Waals surface area (Å²) < 4.78 is 39.5. The number of carbonyl (C=O) groups excluding carboxylic acids is 1. The SMILES string of the molecule is Nc1cc(C(=O)Nc2ccc(F)cc2F)c(Br)cc1F. The van der Waals surface area contributed by atoms with E-state index in [1.54, 1.807) is 0 Å². The van der Waals surface area contributed by atoms with Gasteiger partial charge in [-0.05, 0) is 40.2 Å². The van der Waals surface area contributed by atoms with Gasteiger partial charge in [0.05, 0.1) is 16.9 Å². The van der Waals surface area contributed by atoms with Gasteiger partial charge in [-0.1, -0.05) is 0 Å². The zero-order valence-corrected chi connectivity index (χ0v) is 11.5. The van der Waals surface area contributed by atoms with Crippen LogP contribution in [0.5, 0.6) is 0 Å². The molecule has 0 aromatic heterocycles. The van der Waals surface area contributed by atoms with Crippen molar-refractivity contribution >= 4 is 33.2 Å². The van der Waals surface area contributed by atoms with Crippen molar-refractivity contribution in [1.82, 2.24) is 0 Å². The van der Waals surface area contributed by atoms with Gasteiger partial charge in [0.2, 0.25) is 0 Å². The Bertz CT molecular complexity index is 692. The highest BCUT2D eigenvalue weighted by Crippen LogP contribution is 2.24. The lowest BCUT2D eigenvalue weighted by Crippen LogP contribution is -2.14. The van der Waals surface area contributed by atoms with Gasteiger partial charge in [0, 0.05) is 10.5 Å². The molecular weight excluding hydrogens is 337 g/mol. The number of nitrogens with one attached hydrogen (secondary N) is 1. The summed E-state index contributed by atoms with van der Waals surface area (Å²) in [5.74, 6) is -3.05. The van der Waals surface area contributed by atoms with Crippen LogP contribution in [0.2, 0.25) is 0 Å². The summed E-state index contributed by atoms with van der Waals surface area (Å²) in [4.78, 5) is 12.0. The fraction of sp³-hybridized carbons (Fsp3) is 0. The Hall–Kier alpha value is -2.02. The minimum absolute atomic E-state index is 0.0348. The molecule has 0 fully saturated rings. The van der Waals surface area contributed by atoms with E-state index in [-0.39, 0.29) is 21.4 Å². The Morgan fingerprint density at radius 2 is 1.80 bits per heavy atom. The standard InChI is InChI=1S/C13H8BrF3N2O/c14-8-5-9(16)11(18)4-7(8)13(20)19-12-2-1-6(15)3-10(12)17/h1-5H,18H2,(H,19,20). The maximum Gasteiger partial charge on any atom is 0.256 e. The number of amides is 1. The van der Waals surface area contributed by atoms with Crippen LogP contribution in [0.15, 0.2) is 34.8 Å². The van der Waals surface area contributed by atoms with Gasteiger partial charge in [0.25, 0.3) is 5.91 Å². The van der Waals surface area contributed by atoms with Gasteiger partial charge in [0.15, 0.2) is 0 Å². The maximum atomic E-state index is 13.4. The number of halogens is 4. The zero-order chi connectivity index (χ0) is 14.9. The first kappa shape index (κ1) is 14.4. The molecule has 0 heterocycles. The van der Waals surface area contributed by atoms with Gasteiger partial charge in [-0.2, -0.15) is 0 Å².